The molecule has 1 amide bonds. The second-order valence-electron chi connectivity index (χ2n) is 4.16. The molecule has 0 saturated carbocycles. The van der Waals surface area contributed by atoms with E-state index in [-0.39, 0.29) is 5.91 Å². The molecule has 0 saturated heterocycles. The third-order valence-corrected chi connectivity index (χ3v) is 3.73. The first-order valence-electron chi connectivity index (χ1n) is 5.75. The van der Waals surface area contributed by atoms with E-state index in [1.165, 1.54) is 0 Å². The van der Waals surface area contributed by atoms with Gasteiger partial charge in [-0.15, -0.1) is 0 Å². The van der Waals surface area contributed by atoms with Gasteiger partial charge in [-0.25, -0.2) is 0 Å². The maximum atomic E-state index is 12.1. The number of halogens is 3. The van der Waals surface area contributed by atoms with Crippen LogP contribution in [-0.4, -0.2) is 5.91 Å². The van der Waals surface area contributed by atoms with Gasteiger partial charge in [0.25, 0.3) is 5.91 Å². The first-order chi connectivity index (χ1) is 9.47. The highest BCUT2D eigenvalue weighted by atomic mass is 79.9. The lowest BCUT2D eigenvalue weighted by molar-refractivity contribution is 0.0962. The highest BCUT2D eigenvalue weighted by Gasteiger charge is 2.09. The molecule has 2 aromatic carbocycles. The minimum atomic E-state index is -0.244. The molecule has 3 nitrogen and oxygen atoms in total. The summed E-state index contributed by atoms with van der Waals surface area (Å²) in [6.45, 7) is 1.87. The third-order valence-electron chi connectivity index (χ3n) is 2.67. The van der Waals surface area contributed by atoms with E-state index in [0.717, 1.165) is 10.0 Å². The van der Waals surface area contributed by atoms with Crippen molar-refractivity contribution in [3.8, 4) is 0 Å². The molecule has 2 N–H and O–H groups in total. The highest BCUT2D eigenvalue weighted by Crippen LogP contribution is 2.24. The quantitative estimate of drug-likeness (QED) is 0.757. The fraction of sp³-hybridized carbons (Fsp3) is 0.0714. The van der Waals surface area contributed by atoms with Crippen molar-refractivity contribution in [2.24, 2.45) is 0 Å². The van der Waals surface area contributed by atoms with E-state index in [1.54, 1.807) is 24.3 Å². The Bertz CT molecular complexity index is 662. The SMILES string of the molecule is Cc1cc(Br)ccc1C(=O)NNc1cc(Cl)ccc1Cl. The zero-order valence-corrected chi connectivity index (χ0v) is 13.6. The Kier molecular flexibility index (Phi) is 4.91. The summed E-state index contributed by atoms with van der Waals surface area (Å²) in [4.78, 5) is 12.1. The van der Waals surface area contributed by atoms with Crippen molar-refractivity contribution in [1.82, 2.24) is 5.43 Å². The summed E-state index contributed by atoms with van der Waals surface area (Å²) in [6.07, 6.45) is 0. The van der Waals surface area contributed by atoms with Crippen LogP contribution in [0, 0.1) is 6.92 Å². The molecular formula is C14H11BrCl2N2O. The van der Waals surface area contributed by atoms with Gasteiger partial charge < -0.3 is 0 Å². The number of carbonyl (C=O) groups excluding carboxylic acids is 1. The predicted octanol–water partition coefficient (Wildman–Crippen LogP) is 4.82. The summed E-state index contributed by atoms with van der Waals surface area (Å²) >= 11 is 15.2. The lowest BCUT2D eigenvalue weighted by Crippen LogP contribution is -2.30. The Hall–Kier alpha value is -1.23. The van der Waals surface area contributed by atoms with Gasteiger partial charge in [-0.3, -0.25) is 15.6 Å². The van der Waals surface area contributed by atoms with Gasteiger partial charge in [0.15, 0.2) is 0 Å². The van der Waals surface area contributed by atoms with Crippen molar-refractivity contribution >= 4 is 50.7 Å². The van der Waals surface area contributed by atoms with Crippen molar-refractivity contribution in [2.45, 2.75) is 6.92 Å². The summed E-state index contributed by atoms with van der Waals surface area (Å²) in [7, 11) is 0. The summed E-state index contributed by atoms with van der Waals surface area (Å²) in [5, 5.41) is 1.01. The summed E-state index contributed by atoms with van der Waals surface area (Å²) < 4.78 is 0.928. The number of aryl methyl sites for hydroxylation is 1. The fourth-order valence-corrected chi connectivity index (χ4v) is 2.48. The molecule has 0 spiro atoms. The first kappa shape index (κ1) is 15.2. The molecule has 104 valence electrons. The largest absolute Gasteiger partial charge is 0.297 e. The molecule has 0 aliphatic rings. The summed E-state index contributed by atoms with van der Waals surface area (Å²) in [5.74, 6) is -0.244. The molecule has 0 atom stereocenters. The monoisotopic (exact) mass is 372 g/mol. The number of benzene rings is 2. The van der Waals surface area contributed by atoms with Gasteiger partial charge in [0.2, 0.25) is 0 Å². The average Bonchev–Trinajstić information content (AvgIpc) is 2.39. The van der Waals surface area contributed by atoms with E-state index < -0.39 is 0 Å². The molecule has 2 rings (SSSR count). The standard InChI is InChI=1S/C14H11BrCl2N2O/c1-8-6-9(15)2-4-11(8)14(20)19-18-13-7-10(16)3-5-12(13)17/h2-7,18H,1H3,(H,19,20). The minimum Gasteiger partial charge on any atom is -0.297 e. The molecule has 0 radical (unpaired) electrons. The number of anilines is 1. The number of amides is 1. The molecule has 0 heterocycles. The third kappa shape index (κ3) is 3.66. The second-order valence-corrected chi connectivity index (χ2v) is 5.92. The number of rotatable bonds is 3. The maximum Gasteiger partial charge on any atom is 0.269 e. The van der Waals surface area contributed by atoms with Crippen LogP contribution in [0.25, 0.3) is 0 Å². The Morgan fingerprint density at radius 1 is 1.15 bits per heavy atom. The highest BCUT2D eigenvalue weighted by molar-refractivity contribution is 9.10. The predicted molar refractivity (Wildman–Crippen MR) is 86.4 cm³/mol. The molecule has 2 aromatic rings. The van der Waals surface area contributed by atoms with Crippen LogP contribution in [-0.2, 0) is 0 Å². The van der Waals surface area contributed by atoms with Crippen LogP contribution in [0.1, 0.15) is 15.9 Å². The van der Waals surface area contributed by atoms with E-state index in [1.807, 2.05) is 19.1 Å². The molecule has 20 heavy (non-hydrogen) atoms. The minimum absolute atomic E-state index is 0.244. The van der Waals surface area contributed by atoms with Gasteiger partial charge in [-0.1, -0.05) is 39.1 Å². The molecule has 0 aromatic heterocycles. The molecule has 0 unspecified atom stereocenters. The maximum absolute atomic E-state index is 12.1. The molecular weight excluding hydrogens is 363 g/mol. The van der Waals surface area contributed by atoms with Crippen LogP contribution in [0.4, 0.5) is 5.69 Å². The van der Waals surface area contributed by atoms with E-state index in [2.05, 4.69) is 26.8 Å². The molecule has 0 fully saturated rings. The van der Waals surface area contributed by atoms with Crippen LogP contribution >= 0.6 is 39.1 Å². The zero-order chi connectivity index (χ0) is 14.7. The van der Waals surface area contributed by atoms with Crippen LogP contribution in [0.15, 0.2) is 40.9 Å². The Morgan fingerprint density at radius 3 is 2.60 bits per heavy atom. The number of nitrogens with one attached hydrogen (secondary N) is 2. The van der Waals surface area contributed by atoms with E-state index in [4.69, 9.17) is 23.2 Å². The Balaban J connectivity index is 2.10. The van der Waals surface area contributed by atoms with Crippen LogP contribution < -0.4 is 10.9 Å². The lowest BCUT2D eigenvalue weighted by Gasteiger charge is -2.11. The second kappa shape index (κ2) is 6.48. The van der Waals surface area contributed by atoms with Crippen LogP contribution in [0.5, 0.6) is 0 Å². The number of hydrazine groups is 1. The number of carbonyl (C=O) groups is 1. The van der Waals surface area contributed by atoms with Gasteiger partial charge in [-0.2, -0.15) is 0 Å². The number of hydrogen-bond donors (Lipinski definition) is 2. The normalized spacial score (nSPS) is 10.2. The topological polar surface area (TPSA) is 41.1 Å². The first-order valence-corrected chi connectivity index (χ1v) is 7.30. The lowest BCUT2D eigenvalue weighted by atomic mass is 10.1. The van der Waals surface area contributed by atoms with Gasteiger partial charge in [0, 0.05) is 15.1 Å². The van der Waals surface area contributed by atoms with Crippen molar-refractivity contribution < 1.29 is 4.79 Å². The molecule has 6 heteroatoms. The van der Waals surface area contributed by atoms with Gasteiger partial charge in [0.05, 0.1) is 10.7 Å². The van der Waals surface area contributed by atoms with Crippen molar-refractivity contribution in [2.75, 3.05) is 5.43 Å². The van der Waals surface area contributed by atoms with Gasteiger partial charge >= 0.3 is 0 Å². The summed E-state index contributed by atoms with van der Waals surface area (Å²) in [6, 6.07) is 10.4. The fourth-order valence-electron chi connectivity index (χ4n) is 1.67. The van der Waals surface area contributed by atoms with E-state index in [0.29, 0.717) is 21.3 Å². The Morgan fingerprint density at radius 2 is 1.90 bits per heavy atom. The van der Waals surface area contributed by atoms with E-state index in [9.17, 15) is 4.79 Å². The van der Waals surface area contributed by atoms with Crippen molar-refractivity contribution in [3.05, 3.63) is 62.0 Å². The van der Waals surface area contributed by atoms with Crippen LogP contribution in [0.2, 0.25) is 10.0 Å². The van der Waals surface area contributed by atoms with Gasteiger partial charge in [-0.05, 0) is 48.9 Å². The van der Waals surface area contributed by atoms with Crippen molar-refractivity contribution in [3.63, 3.8) is 0 Å². The van der Waals surface area contributed by atoms with E-state index >= 15 is 0 Å². The average molecular weight is 374 g/mol. The van der Waals surface area contributed by atoms with Gasteiger partial charge in [0.1, 0.15) is 0 Å². The van der Waals surface area contributed by atoms with Crippen LogP contribution in [0.3, 0.4) is 0 Å². The van der Waals surface area contributed by atoms with Crippen molar-refractivity contribution in [1.29, 1.82) is 0 Å². The molecule has 0 bridgehead atoms. The Labute approximate surface area is 135 Å². The smallest absolute Gasteiger partial charge is 0.269 e. The molecule has 0 aliphatic heterocycles. The summed E-state index contributed by atoms with van der Waals surface area (Å²) in [5.41, 5.74) is 7.36. The number of hydrogen-bond acceptors (Lipinski definition) is 2. The zero-order valence-electron chi connectivity index (χ0n) is 10.5. The molecule has 0 aliphatic carbocycles.